The van der Waals surface area contributed by atoms with Crippen molar-refractivity contribution in [2.45, 2.75) is 82.3 Å². The van der Waals surface area contributed by atoms with Crippen molar-refractivity contribution in [3.8, 4) is 0 Å². The molecule has 0 spiro atoms. The zero-order valence-corrected chi connectivity index (χ0v) is 27.3. The van der Waals surface area contributed by atoms with Crippen LogP contribution in [0.4, 0.5) is 0 Å². The van der Waals surface area contributed by atoms with Gasteiger partial charge in [-0.1, -0.05) is 0 Å². The molecule has 0 aromatic rings. The second-order valence-electron chi connectivity index (χ2n) is 11.4. The maximum absolute atomic E-state index is 13.0. The molecule has 0 aromatic heterocycles. The number of hydrogen-bond acceptors (Lipinski definition) is 11. The van der Waals surface area contributed by atoms with E-state index in [1.807, 2.05) is 38.0 Å². The Balaban J connectivity index is 4.91. The summed E-state index contributed by atoms with van der Waals surface area (Å²) in [5.74, 6) is -1.84. The Hall–Kier alpha value is -2.85. The topological polar surface area (TPSA) is 227 Å². The summed E-state index contributed by atoms with van der Waals surface area (Å²) in [5.41, 5.74) is 16.9. The van der Waals surface area contributed by atoms with Crippen molar-refractivity contribution in [3.63, 3.8) is 0 Å². The lowest BCUT2D eigenvalue weighted by atomic mass is 10.1. The van der Waals surface area contributed by atoms with Gasteiger partial charge in [0.05, 0.1) is 12.6 Å². The number of nitrogens with two attached hydrogens (primary N) is 3. The molecular weight excluding hydrogens is 570 g/mol. The van der Waals surface area contributed by atoms with Gasteiger partial charge in [0, 0.05) is 19.4 Å². The Morgan fingerprint density at radius 3 is 1.82 bits per heavy atom. The highest BCUT2D eigenvalue weighted by molar-refractivity contribution is 5.88. The molecule has 15 nitrogen and oxygen atoms in total. The summed E-state index contributed by atoms with van der Waals surface area (Å²) in [4.78, 5) is 66.6. The summed E-state index contributed by atoms with van der Waals surface area (Å²) in [6.45, 7) is 2.54. The average molecular weight is 630 g/mol. The van der Waals surface area contributed by atoms with E-state index in [2.05, 4.69) is 21.3 Å². The van der Waals surface area contributed by atoms with E-state index in [9.17, 15) is 24.0 Å². The van der Waals surface area contributed by atoms with E-state index in [0.717, 1.165) is 19.5 Å². The second kappa shape index (κ2) is 25.5. The van der Waals surface area contributed by atoms with Crippen LogP contribution in [0.1, 0.15) is 64.2 Å². The Morgan fingerprint density at radius 2 is 1.23 bits per heavy atom. The average Bonchev–Trinajstić information content (AvgIpc) is 2.96. The summed E-state index contributed by atoms with van der Waals surface area (Å²) in [5, 5.41) is 11.0. The second-order valence-corrected chi connectivity index (χ2v) is 11.4. The minimum Gasteiger partial charge on any atom is -0.462 e. The zero-order valence-electron chi connectivity index (χ0n) is 27.3. The van der Waals surface area contributed by atoms with Gasteiger partial charge in [0.25, 0.3) is 0 Å². The molecular formula is C29H59N9O6. The molecule has 0 heterocycles. The van der Waals surface area contributed by atoms with Crippen LogP contribution in [0.25, 0.3) is 0 Å². The molecule has 0 aliphatic rings. The molecule has 3 unspecified atom stereocenters. The minimum absolute atomic E-state index is 0.00769. The summed E-state index contributed by atoms with van der Waals surface area (Å²) in [6.07, 6.45) is 4.63. The third kappa shape index (κ3) is 21.8. The molecule has 0 saturated heterocycles. The molecule has 0 aliphatic heterocycles. The fourth-order valence-corrected chi connectivity index (χ4v) is 4.14. The largest absolute Gasteiger partial charge is 0.462 e. The molecule has 0 fully saturated rings. The van der Waals surface area contributed by atoms with E-state index in [4.69, 9.17) is 21.9 Å². The van der Waals surface area contributed by atoms with Gasteiger partial charge < -0.3 is 53.0 Å². The van der Waals surface area contributed by atoms with Crippen LogP contribution in [0.2, 0.25) is 0 Å². The molecule has 0 aromatic carbocycles. The lowest BCUT2D eigenvalue weighted by Crippen LogP contribution is -2.50. The minimum atomic E-state index is -0.919. The van der Waals surface area contributed by atoms with Gasteiger partial charge in [-0.15, -0.1) is 0 Å². The fourth-order valence-electron chi connectivity index (χ4n) is 4.14. The highest BCUT2D eigenvalue weighted by atomic mass is 16.5. The third-order valence-electron chi connectivity index (χ3n) is 6.66. The van der Waals surface area contributed by atoms with Crippen LogP contribution in [0.15, 0.2) is 0 Å². The van der Waals surface area contributed by atoms with Crippen LogP contribution in [0, 0.1) is 0 Å². The summed E-state index contributed by atoms with van der Waals surface area (Å²) < 4.78 is 5.31. The van der Waals surface area contributed by atoms with Crippen molar-refractivity contribution in [1.29, 1.82) is 0 Å². The van der Waals surface area contributed by atoms with Crippen LogP contribution in [0.5, 0.6) is 0 Å². The van der Waals surface area contributed by atoms with E-state index in [-0.39, 0.29) is 37.8 Å². The lowest BCUT2D eigenvalue weighted by molar-refractivity contribution is -0.148. The summed E-state index contributed by atoms with van der Waals surface area (Å²) in [6, 6.07) is -2.52. The van der Waals surface area contributed by atoms with Crippen molar-refractivity contribution in [2.24, 2.45) is 17.2 Å². The van der Waals surface area contributed by atoms with Crippen molar-refractivity contribution in [2.75, 3.05) is 74.1 Å². The van der Waals surface area contributed by atoms with Gasteiger partial charge >= 0.3 is 5.97 Å². The first-order chi connectivity index (χ1) is 20.9. The highest BCUT2D eigenvalue weighted by Crippen LogP contribution is 2.03. The zero-order chi connectivity index (χ0) is 33.3. The smallest absolute Gasteiger partial charge is 0.328 e. The van der Waals surface area contributed by atoms with Crippen LogP contribution >= 0.6 is 0 Å². The SMILES string of the molecule is CN(C)CCCC(=O)NCCCC(NC(=O)CCCN(C)C)C(=O)NCCOC(=O)C(CCCN)NC(=O)C(N)CCCN. The van der Waals surface area contributed by atoms with Gasteiger partial charge in [-0.3, -0.25) is 19.2 Å². The highest BCUT2D eigenvalue weighted by Gasteiger charge is 2.25. The maximum Gasteiger partial charge on any atom is 0.328 e. The predicted octanol–water partition coefficient (Wildman–Crippen LogP) is -2.00. The Labute approximate surface area is 263 Å². The maximum atomic E-state index is 13.0. The summed E-state index contributed by atoms with van der Waals surface area (Å²) in [7, 11) is 7.74. The van der Waals surface area contributed by atoms with Gasteiger partial charge in [-0.05, 0) is 106 Å². The number of carbonyl (C=O) groups excluding carboxylic acids is 5. The first kappa shape index (κ1) is 41.1. The molecule has 0 aliphatic carbocycles. The molecule has 0 bridgehead atoms. The van der Waals surface area contributed by atoms with E-state index in [1.165, 1.54) is 0 Å². The van der Waals surface area contributed by atoms with Crippen molar-refractivity contribution >= 4 is 29.6 Å². The Kier molecular flexibility index (Phi) is 23.8. The number of amides is 4. The standard InChI is InChI=1S/C29H59N9O6/c1-37(2)19-8-13-25(39)33-17-7-12-23(35-26(40)14-9-20-38(3)4)28(42)34-18-21-44-29(43)24(11-6-16-31)36-27(41)22(32)10-5-15-30/h22-24H,5-21,30-32H2,1-4H3,(H,33,39)(H,34,42)(H,35,40)(H,36,41). The lowest BCUT2D eigenvalue weighted by Gasteiger charge is -2.21. The van der Waals surface area contributed by atoms with Gasteiger partial charge in [-0.25, -0.2) is 4.79 Å². The molecule has 256 valence electrons. The fraction of sp³-hybridized carbons (Fsp3) is 0.828. The normalized spacial score (nSPS) is 13.2. The number of carbonyl (C=O) groups is 5. The van der Waals surface area contributed by atoms with E-state index in [1.54, 1.807) is 0 Å². The van der Waals surface area contributed by atoms with Gasteiger partial charge in [-0.2, -0.15) is 0 Å². The third-order valence-corrected chi connectivity index (χ3v) is 6.66. The number of hydrogen-bond donors (Lipinski definition) is 7. The molecule has 0 saturated carbocycles. The van der Waals surface area contributed by atoms with Crippen LogP contribution < -0.4 is 38.5 Å². The predicted molar refractivity (Wildman–Crippen MR) is 170 cm³/mol. The summed E-state index contributed by atoms with van der Waals surface area (Å²) >= 11 is 0. The molecule has 15 heteroatoms. The molecule has 4 amide bonds. The van der Waals surface area contributed by atoms with Crippen LogP contribution in [-0.4, -0.2) is 132 Å². The Morgan fingerprint density at radius 1 is 0.659 bits per heavy atom. The van der Waals surface area contributed by atoms with Crippen LogP contribution in [0.3, 0.4) is 0 Å². The number of nitrogens with one attached hydrogen (secondary N) is 4. The van der Waals surface area contributed by atoms with E-state index in [0.29, 0.717) is 64.6 Å². The first-order valence-corrected chi connectivity index (χ1v) is 15.7. The molecule has 3 atom stereocenters. The van der Waals surface area contributed by atoms with Gasteiger partial charge in [0.1, 0.15) is 18.7 Å². The monoisotopic (exact) mass is 629 g/mol. The van der Waals surface area contributed by atoms with Crippen molar-refractivity contribution in [3.05, 3.63) is 0 Å². The number of nitrogens with zero attached hydrogens (tertiary/aromatic N) is 2. The van der Waals surface area contributed by atoms with E-state index >= 15 is 0 Å². The number of esters is 1. The molecule has 10 N–H and O–H groups in total. The van der Waals surface area contributed by atoms with Crippen LogP contribution in [-0.2, 0) is 28.7 Å². The molecule has 0 rings (SSSR count). The Bertz CT molecular complexity index is 844. The number of ether oxygens (including phenoxy) is 1. The van der Waals surface area contributed by atoms with Crippen molar-refractivity contribution in [1.82, 2.24) is 31.1 Å². The quantitative estimate of drug-likeness (QED) is 0.0409. The molecule has 0 radical (unpaired) electrons. The molecule has 44 heavy (non-hydrogen) atoms. The van der Waals surface area contributed by atoms with Gasteiger partial charge in [0.15, 0.2) is 0 Å². The van der Waals surface area contributed by atoms with Crippen molar-refractivity contribution < 1.29 is 28.7 Å². The van der Waals surface area contributed by atoms with Gasteiger partial charge in [0.2, 0.25) is 23.6 Å². The van der Waals surface area contributed by atoms with E-state index < -0.39 is 35.9 Å². The first-order valence-electron chi connectivity index (χ1n) is 15.7. The number of rotatable bonds is 26.